The smallest absolute Gasteiger partial charge is 0.174 e. The van der Waals surface area contributed by atoms with Crippen molar-refractivity contribution in [2.45, 2.75) is 26.4 Å². The van der Waals surface area contributed by atoms with Gasteiger partial charge in [0, 0.05) is 18.6 Å². The van der Waals surface area contributed by atoms with E-state index >= 15 is 0 Å². The fourth-order valence-corrected chi connectivity index (χ4v) is 2.02. The Morgan fingerprint density at radius 1 is 1.47 bits per heavy atom. The standard InChI is InChI=1S/C14H16O5/c1-14(2,7-15)12-6-10(17)13-9(16)4-8(18-3)5-11(13)19-12/h4-5,7,12,16H,6H2,1-3H3. The van der Waals surface area contributed by atoms with E-state index in [2.05, 4.69) is 0 Å². The second-order valence-corrected chi connectivity index (χ2v) is 5.19. The molecule has 0 fully saturated rings. The van der Waals surface area contributed by atoms with Crippen LogP contribution in [0.25, 0.3) is 0 Å². The number of ether oxygens (including phenoxy) is 2. The Hall–Kier alpha value is -2.04. The van der Waals surface area contributed by atoms with Crippen LogP contribution in [0.15, 0.2) is 12.1 Å². The van der Waals surface area contributed by atoms with Crippen molar-refractivity contribution in [2.24, 2.45) is 5.41 Å². The summed E-state index contributed by atoms with van der Waals surface area (Å²) in [4.78, 5) is 23.2. The lowest BCUT2D eigenvalue weighted by molar-refractivity contribution is -0.119. The third kappa shape index (κ3) is 2.28. The number of hydrogen-bond donors (Lipinski definition) is 1. The minimum Gasteiger partial charge on any atom is -0.507 e. The van der Waals surface area contributed by atoms with E-state index in [1.165, 1.54) is 13.2 Å². The summed E-state index contributed by atoms with van der Waals surface area (Å²) < 4.78 is 10.7. The Bertz CT molecular complexity index is 533. The summed E-state index contributed by atoms with van der Waals surface area (Å²) in [6.07, 6.45) is 0.297. The molecule has 0 bridgehead atoms. The highest BCUT2D eigenvalue weighted by Crippen LogP contribution is 2.41. The number of aromatic hydroxyl groups is 1. The van der Waals surface area contributed by atoms with E-state index in [4.69, 9.17) is 9.47 Å². The van der Waals surface area contributed by atoms with E-state index in [9.17, 15) is 14.7 Å². The number of benzene rings is 1. The summed E-state index contributed by atoms with van der Waals surface area (Å²) in [5.74, 6) is 0.254. The van der Waals surface area contributed by atoms with Crippen LogP contribution in [-0.2, 0) is 4.79 Å². The number of methoxy groups -OCH3 is 1. The second kappa shape index (κ2) is 4.57. The number of fused-ring (bicyclic) bond motifs is 1. The topological polar surface area (TPSA) is 72.8 Å². The van der Waals surface area contributed by atoms with Crippen molar-refractivity contribution in [1.29, 1.82) is 0 Å². The molecular weight excluding hydrogens is 248 g/mol. The van der Waals surface area contributed by atoms with Crippen LogP contribution in [0.5, 0.6) is 17.2 Å². The van der Waals surface area contributed by atoms with E-state index in [-0.39, 0.29) is 29.3 Å². The molecule has 0 amide bonds. The van der Waals surface area contributed by atoms with Gasteiger partial charge in [-0.05, 0) is 13.8 Å². The average molecular weight is 264 g/mol. The van der Waals surface area contributed by atoms with E-state index in [1.807, 2.05) is 0 Å². The fourth-order valence-electron chi connectivity index (χ4n) is 2.02. The van der Waals surface area contributed by atoms with Gasteiger partial charge in [0.15, 0.2) is 5.78 Å². The maximum atomic E-state index is 12.1. The SMILES string of the molecule is COc1cc(O)c2c(c1)OC(C(C)(C)C=O)CC2=O. The molecule has 0 aliphatic carbocycles. The summed E-state index contributed by atoms with van der Waals surface area (Å²) in [5.41, 5.74) is -0.620. The van der Waals surface area contributed by atoms with Crippen LogP contribution in [0, 0.1) is 5.41 Å². The number of hydrogen-bond acceptors (Lipinski definition) is 5. The molecule has 1 aliphatic heterocycles. The van der Waals surface area contributed by atoms with Crippen molar-refractivity contribution in [1.82, 2.24) is 0 Å². The Labute approximate surface area is 111 Å². The van der Waals surface area contributed by atoms with E-state index < -0.39 is 11.5 Å². The van der Waals surface area contributed by atoms with Gasteiger partial charge >= 0.3 is 0 Å². The van der Waals surface area contributed by atoms with Crippen LogP contribution >= 0.6 is 0 Å². The monoisotopic (exact) mass is 264 g/mol. The normalized spacial score (nSPS) is 18.5. The number of aldehydes is 1. The van der Waals surface area contributed by atoms with E-state index in [1.54, 1.807) is 19.9 Å². The van der Waals surface area contributed by atoms with Crippen molar-refractivity contribution in [3.63, 3.8) is 0 Å². The van der Waals surface area contributed by atoms with Crippen LogP contribution in [0.1, 0.15) is 30.6 Å². The van der Waals surface area contributed by atoms with Gasteiger partial charge in [0.1, 0.15) is 35.2 Å². The Morgan fingerprint density at radius 3 is 2.74 bits per heavy atom. The molecule has 1 aromatic rings. The molecule has 0 saturated heterocycles. The fraction of sp³-hybridized carbons (Fsp3) is 0.429. The lowest BCUT2D eigenvalue weighted by Gasteiger charge is -2.33. The molecule has 0 radical (unpaired) electrons. The highest BCUT2D eigenvalue weighted by atomic mass is 16.5. The largest absolute Gasteiger partial charge is 0.507 e. The number of rotatable bonds is 3. The van der Waals surface area contributed by atoms with Gasteiger partial charge in [-0.1, -0.05) is 0 Å². The molecule has 19 heavy (non-hydrogen) atoms. The minimum absolute atomic E-state index is 0.0681. The zero-order valence-electron chi connectivity index (χ0n) is 11.1. The molecular formula is C14H16O5. The Balaban J connectivity index is 2.46. The van der Waals surface area contributed by atoms with Gasteiger partial charge in [0.05, 0.1) is 12.5 Å². The molecule has 1 N–H and O–H groups in total. The minimum atomic E-state index is -0.772. The molecule has 1 atom stereocenters. The predicted octanol–water partition coefficient (Wildman–Crippen LogP) is 1.96. The molecule has 1 heterocycles. The number of ketones is 1. The molecule has 102 valence electrons. The number of carbonyl (C=O) groups is 2. The highest BCUT2D eigenvalue weighted by Gasteiger charge is 2.39. The van der Waals surface area contributed by atoms with Crippen LogP contribution < -0.4 is 9.47 Å². The van der Waals surface area contributed by atoms with Crippen molar-refractivity contribution in [3.8, 4) is 17.2 Å². The maximum Gasteiger partial charge on any atom is 0.174 e. The number of phenolic OH excluding ortho intramolecular Hbond substituents is 1. The van der Waals surface area contributed by atoms with E-state index in [0.717, 1.165) is 6.29 Å². The molecule has 5 heteroatoms. The van der Waals surface area contributed by atoms with Crippen LogP contribution in [0.2, 0.25) is 0 Å². The van der Waals surface area contributed by atoms with Crippen molar-refractivity contribution in [2.75, 3.05) is 7.11 Å². The first-order valence-corrected chi connectivity index (χ1v) is 5.96. The number of Topliss-reactive ketones (excluding diaryl/α,β-unsaturated/α-hetero) is 1. The third-order valence-corrected chi connectivity index (χ3v) is 3.34. The Morgan fingerprint density at radius 2 is 2.16 bits per heavy atom. The summed E-state index contributed by atoms with van der Waals surface area (Å²) in [5, 5.41) is 9.83. The van der Waals surface area contributed by atoms with Crippen LogP contribution in [0.3, 0.4) is 0 Å². The highest BCUT2D eigenvalue weighted by molar-refractivity contribution is 6.03. The molecule has 1 aliphatic rings. The maximum absolute atomic E-state index is 12.1. The van der Waals surface area contributed by atoms with Crippen LogP contribution in [0.4, 0.5) is 0 Å². The van der Waals surface area contributed by atoms with Gasteiger partial charge in [-0.25, -0.2) is 0 Å². The number of carbonyl (C=O) groups excluding carboxylic acids is 2. The summed E-state index contributed by atoms with van der Waals surface area (Å²) in [6, 6.07) is 2.91. The number of phenols is 1. The van der Waals surface area contributed by atoms with Gasteiger partial charge in [-0.3, -0.25) is 4.79 Å². The molecule has 1 unspecified atom stereocenters. The van der Waals surface area contributed by atoms with Crippen LogP contribution in [-0.4, -0.2) is 30.4 Å². The van der Waals surface area contributed by atoms with Crippen molar-refractivity contribution < 1.29 is 24.2 Å². The zero-order chi connectivity index (χ0) is 14.2. The lowest BCUT2D eigenvalue weighted by Crippen LogP contribution is -2.40. The van der Waals surface area contributed by atoms with Crippen molar-refractivity contribution in [3.05, 3.63) is 17.7 Å². The summed E-state index contributed by atoms with van der Waals surface area (Å²) in [6.45, 7) is 3.42. The van der Waals surface area contributed by atoms with E-state index in [0.29, 0.717) is 5.75 Å². The van der Waals surface area contributed by atoms with Gasteiger partial charge in [-0.15, -0.1) is 0 Å². The zero-order valence-corrected chi connectivity index (χ0v) is 11.1. The van der Waals surface area contributed by atoms with Gasteiger partial charge in [0.2, 0.25) is 0 Å². The molecule has 0 saturated carbocycles. The first-order chi connectivity index (χ1) is 8.89. The van der Waals surface area contributed by atoms with Gasteiger partial charge in [0.25, 0.3) is 0 Å². The average Bonchev–Trinajstić information content (AvgIpc) is 2.37. The molecule has 0 aromatic heterocycles. The molecule has 5 nitrogen and oxygen atoms in total. The second-order valence-electron chi connectivity index (χ2n) is 5.19. The lowest BCUT2D eigenvalue weighted by atomic mass is 9.82. The third-order valence-electron chi connectivity index (χ3n) is 3.34. The first kappa shape index (κ1) is 13.4. The molecule has 2 rings (SSSR count). The van der Waals surface area contributed by atoms with Crippen molar-refractivity contribution >= 4 is 12.1 Å². The summed E-state index contributed by atoms with van der Waals surface area (Å²) >= 11 is 0. The van der Waals surface area contributed by atoms with Gasteiger partial charge < -0.3 is 19.4 Å². The molecule has 0 spiro atoms. The molecule has 1 aromatic carbocycles. The Kier molecular flexibility index (Phi) is 3.22. The van der Waals surface area contributed by atoms with Gasteiger partial charge in [-0.2, -0.15) is 0 Å². The first-order valence-electron chi connectivity index (χ1n) is 5.96. The predicted molar refractivity (Wildman–Crippen MR) is 67.9 cm³/mol. The quantitative estimate of drug-likeness (QED) is 0.845. The summed E-state index contributed by atoms with van der Waals surface area (Å²) in [7, 11) is 1.46.